The molecule has 1 fully saturated rings. The van der Waals surface area contributed by atoms with Crippen LogP contribution in [-0.4, -0.2) is 40.3 Å². The lowest BCUT2D eigenvalue weighted by Crippen LogP contribution is -2.42. The van der Waals surface area contributed by atoms with Gasteiger partial charge in [0.05, 0.1) is 31.4 Å². The molecule has 1 aliphatic rings. The molecule has 1 amide bonds. The van der Waals surface area contributed by atoms with Crippen LogP contribution >= 0.6 is 0 Å². The van der Waals surface area contributed by atoms with Crippen LogP contribution in [0.25, 0.3) is 0 Å². The van der Waals surface area contributed by atoms with Crippen molar-refractivity contribution in [3.63, 3.8) is 0 Å². The van der Waals surface area contributed by atoms with Crippen LogP contribution in [0, 0.1) is 19.8 Å². The second kappa shape index (κ2) is 7.82. The molecule has 8 heteroatoms. The van der Waals surface area contributed by atoms with Gasteiger partial charge in [0.1, 0.15) is 11.6 Å². The highest BCUT2D eigenvalue weighted by Crippen LogP contribution is 2.20. The summed E-state index contributed by atoms with van der Waals surface area (Å²) in [5.74, 6) is 1.32. The van der Waals surface area contributed by atoms with E-state index in [4.69, 9.17) is 9.26 Å². The Morgan fingerprint density at radius 2 is 2.19 bits per heavy atom. The first kappa shape index (κ1) is 18.3. The molecule has 0 spiro atoms. The average molecular weight is 360 g/mol. The maximum absolute atomic E-state index is 12.4. The molecule has 1 aliphatic heterocycles. The SMILES string of the molecule is CCc1nc(C)c(CC(=O)N[C@@H]2COC[C@@H]2Cc2cc(C)no2)c(=O)[nH]1. The Morgan fingerprint density at radius 1 is 1.38 bits per heavy atom. The minimum atomic E-state index is -0.249. The number of hydrogen-bond donors (Lipinski definition) is 2. The minimum Gasteiger partial charge on any atom is -0.379 e. The van der Waals surface area contributed by atoms with Gasteiger partial charge in [0, 0.05) is 36.1 Å². The highest BCUT2D eigenvalue weighted by atomic mass is 16.5. The van der Waals surface area contributed by atoms with E-state index in [1.54, 1.807) is 6.92 Å². The number of aromatic amines is 1. The van der Waals surface area contributed by atoms with Crippen molar-refractivity contribution in [1.82, 2.24) is 20.4 Å². The first-order chi connectivity index (χ1) is 12.5. The topological polar surface area (TPSA) is 110 Å². The summed E-state index contributed by atoms with van der Waals surface area (Å²) in [5, 5.41) is 6.87. The van der Waals surface area contributed by atoms with Crippen LogP contribution in [0.15, 0.2) is 15.4 Å². The van der Waals surface area contributed by atoms with Crippen LogP contribution in [0.4, 0.5) is 0 Å². The molecule has 2 aromatic heterocycles. The number of aryl methyl sites for hydroxylation is 3. The molecule has 26 heavy (non-hydrogen) atoms. The molecule has 0 aliphatic carbocycles. The molecule has 140 valence electrons. The van der Waals surface area contributed by atoms with E-state index < -0.39 is 0 Å². The predicted octanol–water partition coefficient (Wildman–Crippen LogP) is 0.854. The van der Waals surface area contributed by atoms with E-state index in [-0.39, 0.29) is 29.8 Å². The van der Waals surface area contributed by atoms with Gasteiger partial charge in [-0.05, 0) is 13.8 Å². The number of nitrogens with zero attached hydrogens (tertiary/aromatic N) is 2. The molecule has 0 unspecified atom stereocenters. The molecule has 2 N–H and O–H groups in total. The summed E-state index contributed by atoms with van der Waals surface area (Å²) in [6.07, 6.45) is 1.30. The Hall–Kier alpha value is -2.48. The van der Waals surface area contributed by atoms with Crippen molar-refractivity contribution in [2.24, 2.45) is 5.92 Å². The smallest absolute Gasteiger partial charge is 0.254 e. The van der Waals surface area contributed by atoms with Gasteiger partial charge < -0.3 is 19.6 Å². The summed E-state index contributed by atoms with van der Waals surface area (Å²) >= 11 is 0. The number of carbonyl (C=O) groups is 1. The molecule has 2 atom stereocenters. The van der Waals surface area contributed by atoms with Crippen LogP contribution < -0.4 is 10.9 Å². The fourth-order valence-corrected chi connectivity index (χ4v) is 3.19. The summed E-state index contributed by atoms with van der Waals surface area (Å²) in [7, 11) is 0. The van der Waals surface area contributed by atoms with E-state index in [1.165, 1.54) is 0 Å². The van der Waals surface area contributed by atoms with Gasteiger partial charge in [0.2, 0.25) is 5.91 Å². The largest absolute Gasteiger partial charge is 0.379 e. The Balaban J connectivity index is 1.63. The van der Waals surface area contributed by atoms with Gasteiger partial charge in [0.15, 0.2) is 0 Å². The Bertz CT molecular complexity index is 842. The first-order valence-corrected chi connectivity index (χ1v) is 8.84. The van der Waals surface area contributed by atoms with Gasteiger partial charge in [-0.3, -0.25) is 9.59 Å². The minimum absolute atomic E-state index is 0.00277. The molecule has 0 radical (unpaired) electrons. The van der Waals surface area contributed by atoms with E-state index in [1.807, 2.05) is 19.9 Å². The zero-order chi connectivity index (χ0) is 18.7. The molecular formula is C18H24N4O4. The van der Waals surface area contributed by atoms with Crippen molar-refractivity contribution in [3.8, 4) is 0 Å². The van der Waals surface area contributed by atoms with E-state index in [2.05, 4.69) is 20.4 Å². The van der Waals surface area contributed by atoms with Gasteiger partial charge >= 0.3 is 0 Å². The zero-order valence-corrected chi connectivity index (χ0v) is 15.3. The zero-order valence-electron chi connectivity index (χ0n) is 15.3. The number of hydrogen-bond acceptors (Lipinski definition) is 6. The molecule has 8 nitrogen and oxygen atoms in total. The molecular weight excluding hydrogens is 336 g/mol. The fraction of sp³-hybridized carbons (Fsp3) is 0.556. The quantitative estimate of drug-likeness (QED) is 0.790. The van der Waals surface area contributed by atoms with E-state index in [9.17, 15) is 9.59 Å². The lowest BCUT2D eigenvalue weighted by Gasteiger charge is -2.18. The van der Waals surface area contributed by atoms with Crippen LogP contribution in [-0.2, 0) is 28.8 Å². The van der Waals surface area contributed by atoms with Gasteiger partial charge in [-0.1, -0.05) is 12.1 Å². The third-order valence-electron chi connectivity index (χ3n) is 4.63. The highest BCUT2D eigenvalue weighted by Gasteiger charge is 2.31. The average Bonchev–Trinajstić information content (AvgIpc) is 3.20. The number of rotatable bonds is 6. The van der Waals surface area contributed by atoms with Gasteiger partial charge in [-0.15, -0.1) is 0 Å². The van der Waals surface area contributed by atoms with Crippen molar-refractivity contribution in [2.45, 2.75) is 46.1 Å². The van der Waals surface area contributed by atoms with Gasteiger partial charge in [-0.25, -0.2) is 4.98 Å². The number of aromatic nitrogens is 3. The van der Waals surface area contributed by atoms with Crippen molar-refractivity contribution < 1.29 is 14.1 Å². The molecule has 0 aromatic carbocycles. The van der Waals surface area contributed by atoms with E-state index in [0.717, 1.165) is 11.5 Å². The first-order valence-electron chi connectivity index (χ1n) is 8.84. The van der Waals surface area contributed by atoms with E-state index in [0.29, 0.717) is 43.1 Å². The summed E-state index contributed by atoms with van der Waals surface area (Å²) < 4.78 is 10.8. The molecule has 1 saturated heterocycles. The predicted molar refractivity (Wildman–Crippen MR) is 93.9 cm³/mol. The molecule has 2 aromatic rings. The molecule has 0 bridgehead atoms. The maximum Gasteiger partial charge on any atom is 0.254 e. The number of carbonyl (C=O) groups excluding carboxylic acids is 1. The van der Waals surface area contributed by atoms with Gasteiger partial charge in [-0.2, -0.15) is 0 Å². The molecule has 3 heterocycles. The van der Waals surface area contributed by atoms with Crippen LogP contribution in [0.5, 0.6) is 0 Å². The fourth-order valence-electron chi connectivity index (χ4n) is 3.19. The molecule has 0 saturated carbocycles. The Kier molecular flexibility index (Phi) is 5.51. The second-order valence-corrected chi connectivity index (χ2v) is 6.72. The number of H-pyrrole nitrogens is 1. The molecule has 3 rings (SSSR count). The summed E-state index contributed by atoms with van der Waals surface area (Å²) in [4.78, 5) is 31.7. The van der Waals surface area contributed by atoms with Gasteiger partial charge in [0.25, 0.3) is 5.56 Å². The normalized spacial score (nSPS) is 19.7. The second-order valence-electron chi connectivity index (χ2n) is 6.72. The third-order valence-corrected chi connectivity index (χ3v) is 4.63. The summed E-state index contributed by atoms with van der Waals surface area (Å²) in [5.41, 5.74) is 1.58. The highest BCUT2D eigenvalue weighted by molar-refractivity contribution is 5.79. The third kappa shape index (κ3) is 4.19. The van der Waals surface area contributed by atoms with Crippen molar-refractivity contribution in [2.75, 3.05) is 13.2 Å². The van der Waals surface area contributed by atoms with Crippen molar-refractivity contribution >= 4 is 5.91 Å². The standard InChI is InChI=1S/C18H24N4O4/c1-4-16-19-11(3)14(18(24)21-16)7-17(23)20-15-9-25-8-12(15)6-13-5-10(2)22-26-13/h5,12,15H,4,6-9H2,1-3H3,(H,20,23)(H,19,21,24)/t12-,15+/m0/s1. The Morgan fingerprint density at radius 3 is 2.85 bits per heavy atom. The van der Waals surface area contributed by atoms with Crippen molar-refractivity contribution in [1.29, 1.82) is 0 Å². The Labute approximate surface area is 151 Å². The lowest BCUT2D eigenvalue weighted by molar-refractivity contribution is -0.121. The van der Waals surface area contributed by atoms with Crippen molar-refractivity contribution in [3.05, 3.63) is 45.0 Å². The number of amides is 1. The monoisotopic (exact) mass is 360 g/mol. The van der Waals surface area contributed by atoms with Crippen LogP contribution in [0.3, 0.4) is 0 Å². The summed E-state index contributed by atoms with van der Waals surface area (Å²) in [6, 6.07) is 1.77. The van der Waals surface area contributed by atoms with Crippen LogP contribution in [0.2, 0.25) is 0 Å². The number of ether oxygens (including phenoxy) is 1. The van der Waals surface area contributed by atoms with E-state index >= 15 is 0 Å². The summed E-state index contributed by atoms with van der Waals surface area (Å²) in [6.45, 7) is 6.54. The van der Waals surface area contributed by atoms with Crippen LogP contribution in [0.1, 0.15) is 35.5 Å². The number of nitrogens with one attached hydrogen (secondary N) is 2. The maximum atomic E-state index is 12.4. The lowest BCUT2D eigenvalue weighted by atomic mass is 9.98.